The Bertz CT molecular complexity index is 980. The monoisotopic (exact) mass is 456 g/mol. The van der Waals surface area contributed by atoms with Crippen LogP contribution in [0.15, 0.2) is 36.4 Å². The summed E-state index contributed by atoms with van der Waals surface area (Å²) < 4.78 is 11.0. The molecule has 0 aliphatic carbocycles. The summed E-state index contributed by atoms with van der Waals surface area (Å²) in [5.74, 6) is 1.33. The van der Waals surface area contributed by atoms with E-state index >= 15 is 0 Å². The number of urea groups is 1. The van der Waals surface area contributed by atoms with Crippen LogP contribution in [-0.2, 0) is 6.42 Å². The van der Waals surface area contributed by atoms with Crippen molar-refractivity contribution in [2.24, 2.45) is 0 Å². The number of methoxy groups -OCH3 is 2. The van der Waals surface area contributed by atoms with Gasteiger partial charge in [-0.25, -0.2) is 4.79 Å². The largest absolute Gasteiger partial charge is 0.493 e. The van der Waals surface area contributed by atoms with Gasteiger partial charge in [-0.05, 0) is 80.4 Å². The first-order chi connectivity index (χ1) is 15.3. The highest BCUT2D eigenvalue weighted by Crippen LogP contribution is 2.38. The molecule has 0 unspecified atom stereocenters. The van der Waals surface area contributed by atoms with Crippen molar-refractivity contribution in [1.29, 1.82) is 0 Å². The predicted molar refractivity (Wildman–Crippen MR) is 132 cm³/mol. The normalized spacial score (nSPS) is 15.1. The van der Waals surface area contributed by atoms with Crippen molar-refractivity contribution in [1.82, 2.24) is 15.5 Å². The minimum absolute atomic E-state index is 0.148. The van der Waals surface area contributed by atoms with Crippen LogP contribution in [0.4, 0.5) is 10.5 Å². The van der Waals surface area contributed by atoms with Crippen LogP contribution in [0.3, 0.4) is 0 Å². The maximum absolute atomic E-state index is 13.3. The van der Waals surface area contributed by atoms with Gasteiger partial charge in [0.25, 0.3) is 0 Å². The number of amides is 2. The van der Waals surface area contributed by atoms with Gasteiger partial charge >= 0.3 is 6.03 Å². The molecule has 0 saturated carbocycles. The third-order valence-electron chi connectivity index (χ3n) is 5.41. The van der Waals surface area contributed by atoms with Crippen molar-refractivity contribution in [3.63, 3.8) is 0 Å². The molecule has 0 spiro atoms. The number of carbonyl (C=O) groups is 1. The Hall–Kier alpha value is -3.00. The molecule has 8 heteroatoms. The van der Waals surface area contributed by atoms with E-state index < -0.39 is 0 Å². The summed E-state index contributed by atoms with van der Waals surface area (Å²) in [7, 11) is 3.24. The number of benzene rings is 2. The molecule has 32 heavy (non-hydrogen) atoms. The number of ether oxygens (including phenoxy) is 2. The lowest BCUT2D eigenvalue weighted by Crippen LogP contribution is -2.48. The summed E-state index contributed by atoms with van der Waals surface area (Å²) in [6, 6.07) is 11.6. The smallest absolute Gasteiger partial charge is 0.322 e. The minimum atomic E-state index is -0.227. The maximum Gasteiger partial charge on any atom is 0.322 e. The van der Waals surface area contributed by atoms with Crippen LogP contribution in [0.25, 0.3) is 0 Å². The van der Waals surface area contributed by atoms with E-state index in [1.165, 1.54) is 0 Å². The van der Waals surface area contributed by atoms with Gasteiger partial charge in [-0.15, -0.1) is 0 Å². The van der Waals surface area contributed by atoms with Crippen LogP contribution in [0.5, 0.6) is 11.5 Å². The highest BCUT2D eigenvalue weighted by molar-refractivity contribution is 7.80. The average Bonchev–Trinajstić information content (AvgIpc) is 2.75. The molecule has 172 valence electrons. The van der Waals surface area contributed by atoms with Crippen molar-refractivity contribution in [3.8, 4) is 11.5 Å². The highest BCUT2D eigenvalue weighted by Gasteiger charge is 2.32. The third kappa shape index (κ3) is 5.62. The number of nitrogens with zero attached hydrogens (tertiary/aromatic N) is 1. The molecular weight excluding hydrogens is 424 g/mol. The number of thiocarbonyl (C=S) groups is 1. The van der Waals surface area contributed by atoms with Crippen LogP contribution in [-0.4, -0.2) is 49.4 Å². The Balaban J connectivity index is 1.89. The summed E-state index contributed by atoms with van der Waals surface area (Å²) in [6.07, 6.45) is 0.724. The Morgan fingerprint density at radius 3 is 2.56 bits per heavy atom. The number of aryl methyl sites for hydroxylation is 1. The number of anilines is 1. The Kier molecular flexibility index (Phi) is 7.80. The molecule has 0 radical (unpaired) electrons. The first-order valence-corrected chi connectivity index (χ1v) is 11.2. The van der Waals surface area contributed by atoms with Gasteiger partial charge in [0, 0.05) is 24.8 Å². The van der Waals surface area contributed by atoms with Gasteiger partial charge < -0.3 is 30.3 Å². The van der Waals surface area contributed by atoms with Gasteiger partial charge in [-0.1, -0.05) is 12.1 Å². The molecule has 1 heterocycles. The SMILES string of the molecule is COc1cc2c(cc1OC)[C@H](CNC(=S)NC(C)C)N(C(=O)Nc1cccc(C)c1)CC2. The van der Waals surface area contributed by atoms with Crippen molar-refractivity contribution in [2.75, 3.05) is 32.6 Å². The first kappa shape index (κ1) is 23.7. The molecule has 0 fully saturated rings. The Labute approximate surface area is 195 Å². The van der Waals surface area contributed by atoms with E-state index in [2.05, 4.69) is 16.0 Å². The second-order valence-corrected chi connectivity index (χ2v) is 8.58. The van der Waals surface area contributed by atoms with E-state index in [0.29, 0.717) is 29.7 Å². The molecule has 1 atom stereocenters. The number of fused-ring (bicyclic) bond motifs is 1. The molecule has 0 aromatic heterocycles. The van der Waals surface area contributed by atoms with Gasteiger partial charge in [0.1, 0.15) is 0 Å². The molecule has 0 saturated heterocycles. The molecule has 1 aliphatic rings. The van der Waals surface area contributed by atoms with E-state index in [-0.39, 0.29) is 18.1 Å². The van der Waals surface area contributed by atoms with Crippen LogP contribution in [0, 0.1) is 6.92 Å². The van der Waals surface area contributed by atoms with Gasteiger partial charge in [-0.2, -0.15) is 0 Å². The van der Waals surface area contributed by atoms with Gasteiger partial charge in [-0.3, -0.25) is 0 Å². The van der Waals surface area contributed by atoms with E-state index in [4.69, 9.17) is 21.7 Å². The van der Waals surface area contributed by atoms with Gasteiger partial charge in [0.15, 0.2) is 16.6 Å². The molecule has 2 aromatic rings. The van der Waals surface area contributed by atoms with Crippen molar-refractivity contribution >= 4 is 29.0 Å². The minimum Gasteiger partial charge on any atom is -0.493 e. The first-order valence-electron chi connectivity index (χ1n) is 10.8. The van der Waals surface area contributed by atoms with E-state index in [9.17, 15) is 4.79 Å². The van der Waals surface area contributed by atoms with E-state index in [1.807, 2.05) is 62.1 Å². The van der Waals surface area contributed by atoms with Crippen LogP contribution in [0.1, 0.15) is 36.6 Å². The molecule has 0 bridgehead atoms. The van der Waals surface area contributed by atoms with Crippen LogP contribution in [0.2, 0.25) is 0 Å². The molecule has 3 rings (SSSR count). The number of hydrogen-bond donors (Lipinski definition) is 3. The molecule has 2 aromatic carbocycles. The Morgan fingerprint density at radius 1 is 1.19 bits per heavy atom. The Morgan fingerprint density at radius 2 is 1.91 bits per heavy atom. The van der Waals surface area contributed by atoms with Crippen molar-refractivity contribution in [3.05, 3.63) is 53.1 Å². The number of rotatable bonds is 6. The third-order valence-corrected chi connectivity index (χ3v) is 5.67. The van der Waals surface area contributed by atoms with Crippen molar-refractivity contribution < 1.29 is 14.3 Å². The molecule has 1 aliphatic heterocycles. The zero-order valence-electron chi connectivity index (χ0n) is 19.3. The molecule has 7 nitrogen and oxygen atoms in total. The zero-order valence-corrected chi connectivity index (χ0v) is 20.1. The summed E-state index contributed by atoms with van der Waals surface area (Å²) in [6.45, 7) is 7.12. The quantitative estimate of drug-likeness (QED) is 0.570. The summed E-state index contributed by atoms with van der Waals surface area (Å²) in [5.41, 5.74) is 4.02. The fourth-order valence-electron chi connectivity index (χ4n) is 3.91. The second kappa shape index (κ2) is 10.5. The highest BCUT2D eigenvalue weighted by atomic mass is 32.1. The molecule has 2 amide bonds. The second-order valence-electron chi connectivity index (χ2n) is 8.17. The standard InChI is InChI=1S/C24H32N4O3S/c1-15(2)26-23(32)25-14-20-19-13-22(31-5)21(30-4)12-17(19)9-10-28(20)24(29)27-18-8-6-7-16(3)11-18/h6-8,11-13,15,20H,9-10,14H2,1-5H3,(H,27,29)(H2,25,26,32)/t20-/m0/s1. The average molecular weight is 457 g/mol. The van der Waals surface area contributed by atoms with Gasteiger partial charge in [0.05, 0.1) is 20.3 Å². The van der Waals surface area contributed by atoms with E-state index in [1.54, 1.807) is 14.2 Å². The fourth-order valence-corrected chi connectivity index (χ4v) is 4.23. The lowest BCUT2D eigenvalue weighted by atomic mass is 9.92. The lowest BCUT2D eigenvalue weighted by molar-refractivity contribution is 0.182. The summed E-state index contributed by atoms with van der Waals surface area (Å²) >= 11 is 5.42. The molecule has 3 N–H and O–H groups in total. The topological polar surface area (TPSA) is 74.9 Å². The van der Waals surface area contributed by atoms with Crippen LogP contribution >= 0.6 is 12.2 Å². The van der Waals surface area contributed by atoms with E-state index in [0.717, 1.165) is 28.8 Å². The zero-order chi connectivity index (χ0) is 23.3. The number of nitrogens with one attached hydrogen (secondary N) is 3. The van der Waals surface area contributed by atoms with Crippen LogP contribution < -0.4 is 25.4 Å². The van der Waals surface area contributed by atoms with Gasteiger partial charge in [0.2, 0.25) is 0 Å². The lowest BCUT2D eigenvalue weighted by Gasteiger charge is -2.38. The van der Waals surface area contributed by atoms with Crippen molar-refractivity contribution in [2.45, 2.75) is 39.3 Å². The predicted octanol–water partition coefficient (Wildman–Crippen LogP) is 4.02. The number of hydrogen-bond acceptors (Lipinski definition) is 4. The number of carbonyl (C=O) groups excluding carboxylic acids is 1. The summed E-state index contributed by atoms with van der Waals surface area (Å²) in [5, 5.41) is 10.1. The molecular formula is C24H32N4O3S. The fraction of sp³-hybridized carbons (Fsp3) is 0.417. The summed E-state index contributed by atoms with van der Waals surface area (Å²) in [4.78, 5) is 15.1. The maximum atomic E-state index is 13.3.